The molecule has 0 saturated heterocycles. The first-order valence-electron chi connectivity index (χ1n) is 8.20. The van der Waals surface area contributed by atoms with Crippen molar-refractivity contribution in [2.24, 2.45) is 5.92 Å². The van der Waals surface area contributed by atoms with Crippen LogP contribution in [-0.2, 0) is 0 Å². The van der Waals surface area contributed by atoms with Crippen LogP contribution < -0.4 is 5.32 Å². The molecule has 0 spiro atoms. The number of benzene rings is 1. The van der Waals surface area contributed by atoms with Crippen molar-refractivity contribution in [3.63, 3.8) is 0 Å². The van der Waals surface area contributed by atoms with Gasteiger partial charge in [-0.1, -0.05) is 51.7 Å². The highest BCUT2D eigenvalue weighted by molar-refractivity contribution is 5.20. The van der Waals surface area contributed by atoms with Crippen molar-refractivity contribution in [2.45, 2.75) is 70.9 Å². The SMILES string of the molecule is CCCCC(NC1CCCC(C)C1)c1ccc(F)cc1. The summed E-state index contributed by atoms with van der Waals surface area (Å²) in [6, 6.07) is 8.06. The third-order valence-corrected chi connectivity index (χ3v) is 4.49. The molecule has 2 rings (SSSR count). The summed E-state index contributed by atoms with van der Waals surface area (Å²) in [5, 5.41) is 3.83. The molecule has 1 aromatic rings. The van der Waals surface area contributed by atoms with Crippen molar-refractivity contribution < 1.29 is 4.39 Å². The number of nitrogens with one attached hydrogen (secondary N) is 1. The maximum absolute atomic E-state index is 13.1. The largest absolute Gasteiger partial charge is 0.307 e. The summed E-state index contributed by atoms with van der Waals surface area (Å²) >= 11 is 0. The summed E-state index contributed by atoms with van der Waals surface area (Å²) in [6.07, 6.45) is 8.85. The molecule has 0 bridgehead atoms. The standard InChI is InChI=1S/C18H28FN/c1-3-4-8-18(15-9-11-16(19)12-10-15)20-17-7-5-6-14(2)13-17/h9-12,14,17-18,20H,3-8,13H2,1-2H3. The van der Waals surface area contributed by atoms with Crippen LogP contribution in [0.25, 0.3) is 0 Å². The Bertz CT molecular complexity index is 387. The molecular weight excluding hydrogens is 249 g/mol. The lowest BCUT2D eigenvalue weighted by atomic mass is 9.86. The predicted molar refractivity (Wildman–Crippen MR) is 83.2 cm³/mol. The highest BCUT2D eigenvalue weighted by Gasteiger charge is 2.22. The summed E-state index contributed by atoms with van der Waals surface area (Å²) in [6.45, 7) is 4.58. The van der Waals surface area contributed by atoms with E-state index >= 15 is 0 Å². The molecule has 1 saturated carbocycles. The predicted octanol–water partition coefficient (Wildman–Crippen LogP) is 5.23. The van der Waals surface area contributed by atoms with Gasteiger partial charge in [0.05, 0.1) is 0 Å². The van der Waals surface area contributed by atoms with Crippen LogP contribution in [-0.4, -0.2) is 6.04 Å². The Labute approximate surface area is 123 Å². The van der Waals surface area contributed by atoms with Gasteiger partial charge in [-0.15, -0.1) is 0 Å². The lowest BCUT2D eigenvalue weighted by Gasteiger charge is -2.32. The minimum absolute atomic E-state index is 0.144. The zero-order valence-corrected chi connectivity index (χ0v) is 12.9. The van der Waals surface area contributed by atoms with Gasteiger partial charge in [-0.05, 0) is 42.9 Å². The maximum Gasteiger partial charge on any atom is 0.123 e. The van der Waals surface area contributed by atoms with Crippen LogP contribution in [0.4, 0.5) is 4.39 Å². The lowest BCUT2D eigenvalue weighted by molar-refractivity contribution is 0.274. The van der Waals surface area contributed by atoms with Crippen LogP contribution in [0.3, 0.4) is 0 Å². The molecule has 3 unspecified atom stereocenters. The molecule has 1 aliphatic carbocycles. The van der Waals surface area contributed by atoms with Gasteiger partial charge >= 0.3 is 0 Å². The number of rotatable bonds is 6. The van der Waals surface area contributed by atoms with Gasteiger partial charge in [0.25, 0.3) is 0 Å². The fourth-order valence-electron chi connectivity index (χ4n) is 3.32. The Hall–Kier alpha value is -0.890. The highest BCUT2D eigenvalue weighted by atomic mass is 19.1. The topological polar surface area (TPSA) is 12.0 Å². The van der Waals surface area contributed by atoms with E-state index < -0.39 is 0 Å². The van der Waals surface area contributed by atoms with E-state index in [0.29, 0.717) is 12.1 Å². The van der Waals surface area contributed by atoms with Gasteiger partial charge in [0, 0.05) is 12.1 Å². The Balaban J connectivity index is 2.00. The van der Waals surface area contributed by atoms with Crippen LogP contribution in [0.2, 0.25) is 0 Å². The zero-order valence-electron chi connectivity index (χ0n) is 12.9. The molecular formula is C18H28FN. The van der Waals surface area contributed by atoms with Gasteiger partial charge in [-0.25, -0.2) is 4.39 Å². The fraction of sp³-hybridized carbons (Fsp3) is 0.667. The smallest absolute Gasteiger partial charge is 0.123 e. The monoisotopic (exact) mass is 277 g/mol. The minimum Gasteiger partial charge on any atom is -0.307 e. The maximum atomic E-state index is 13.1. The second-order valence-corrected chi connectivity index (χ2v) is 6.38. The summed E-state index contributed by atoms with van der Waals surface area (Å²) < 4.78 is 13.1. The molecule has 0 amide bonds. The van der Waals surface area contributed by atoms with E-state index in [2.05, 4.69) is 19.2 Å². The molecule has 1 fully saturated rings. The number of hydrogen-bond donors (Lipinski definition) is 1. The van der Waals surface area contributed by atoms with Gasteiger partial charge in [0.15, 0.2) is 0 Å². The van der Waals surface area contributed by atoms with E-state index in [1.165, 1.54) is 44.1 Å². The normalized spacial score (nSPS) is 24.6. The molecule has 20 heavy (non-hydrogen) atoms. The van der Waals surface area contributed by atoms with E-state index in [0.717, 1.165) is 12.3 Å². The molecule has 3 atom stereocenters. The van der Waals surface area contributed by atoms with Gasteiger partial charge in [0.1, 0.15) is 5.82 Å². The second-order valence-electron chi connectivity index (χ2n) is 6.38. The average Bonchev–Trinajstić information content (AvgIpc) is 2.44. The fourth-order valence-corrected chi connectivity index (χ4v) is 3.32. The van der Waals surface area contributed by atoms with Crippen LogP contribution in [0.15, 0.2) is 24.3 Å². The molecule has 112 valence electrons. The first kappa shape index (κ1) is 15.5. The second kappa shape index (κ2) is 7.78. The van der Waals surface area contributed by atoms with Crippen LogP contribution in [0, 0.1) is 11.7 Å². The Morgan fingerprint density at radius 1 is 1.25 bits per heavy atom. The minimum atomic E-state index is -0.144. The summed E-state index contributed by atoms with van der Waals surface area (Å²) in [5.74, 6) is 0.690. The quantitative estimate of drug-likeness (QED) is 0.751. The van der Waals surface area contributed by atoms with Crippen molar-refractivity contribution in [1.29, 1.82) is 0 Å². The zero-order chi connectivity index (χ0) is 14.4. The molecule has 0 aliphatic heterocycles. The number of hydrogen-bond acceptors (Lipinski definition) is 1. The first-order chi connectivity index (χ1) is 9.69. The molecule has 1 N–H and O–H groups in total. The van der Waals surface area contributed by atoms with Crippen molar-refractivity contribution in [3.8, 4) is 0 Å². The summed E-state index contributed by atoms with van der Waals surface area (Å²) in [7, 11) is 0. The first-order valence-corrected chi connectivity index (χ1v) is 8.20. The third-order valence-electron chi connectivity index (χ3n) is 4.49. The molecule has 0 aromatic heterocycles. The van der Waals surface area contributed by atoms with Crippen molar-refractivity contribution >= 4 is 0 Å². The molecule has 1 aliphatic rings. The Morgan fingerprint density at radius 3 is 2.65 bits per heavy atom. The van der Waals surface area contributed by atoms with Crippen molar-refractivity contribution in [1.82, 2.24) is 5.32 Å². The summed E-state index contributed by atoms with van der Waals surface area (Å²) in [5.41, 5.74) is 1.23. The molecule has 2 heteroatoms. The van der Waals surface area contributed by atoms with E-state index in [9.17, 15) is 4.39 Å². The van der Waals surface area contributed by atoms with Crippen molar-refractivity contribution in [2.75, 3.05) is 0 Å². The van der Waals surface area contributed by atoms with Crippen LogP contribution in [0.1, 0.15) is 70.4 Å². The van der Waals surface area contributed by atoms with Gasteiger partial charge < -0.3 is 5.32 Å². The number of halogens is 1. The summed E-state index contributed by atoms with van der Waals surface area (Å²) in [4.78, 5) is 0. The van der Waals surface area contributed by atoms with Crippen LogP contribution in [0.5, 0.6) is 0 Å². The Kier molecular flexibility index (Phi) is 6.03. The van der Waals surface area contributed by atoms with Gasteiger partial charge in [-0.3, -0.25) is 0 Å². The van der Waals surface area contributed by atoms with E-state index in [4.69, 9.17) is 0 Å². The average molecular weight is 277 g/mol. The number of unbranched alkanes of at least 4 members (excludes halogenated alkanes) is 1. The van der Waals surface area contributed by atoms with Crippen molar-refractivity contribution in [3.05, 3.63) is 35.6 Å². The Morgan fingerprint density at radius 2 is 2.00 bits per heavy atom. The van der Waals surface area contributed by atoms with Crippen LogP contribution >= 0.6 is 0 Å². The van der Waals surface area contributed by atoms with E-state index in [1.54, 1.807) is 12.1 Å². The van der Waals surface area contributed by atoms with E-state index in [1.807, 2.05) is 12.1 Å². The molecule has 1 aromatic carbocycles. The lowest BCUT2D eigenvalue weighted by Crippen LogP contribution is -2.36. The molecule has 0 heterocycles. The van der Waals surface area contributed by atoms with Gasteiger partial charge in [0.2, 0.25) is 0 Å². The molecule has 0 radical (unpaired) electrons. The molecule has 1 nitrogen and oxygen atoms in total. The highest BCUT2D eigenvalue weighted by Crippen LogP contribution is 2.27. The van der Waals surface area contributed by atoms with E-state index in [-0.39, 0.29) is 5.82 Å². The van der Waals surface area contributed by atoms with Gasteiger partial charge in [-0.2, -0.15) is 0 Å². The third kappa shape index (κ3) is 4.59.